The topological polar surface area (TPSA) is 104 Å². The van der Waals surface area contributed by atoms with Gasteiger partial charge in [-0.2, -0.15) is 43.5 Å². The van der Waals surface area contributed by atoms with E-state index >= 15 is 0 Å². The van der Waals surface area contributed by atoms with Crippen molar-refractivity contribution in [2.45, 2.75) is 35.7 Å². The highest BCUT2D eigenvalue weighted by atomic mass is 32.2. The molecule has 3 rings (SSSR count). The smallest absolute Gasteiger partial charge is 0.460 e. The van der Waals surface area contributed by atoms with Crippen LogP contribution in [0.25, 0.3) is 0 Å². The van der Waals surface area contributed by atoms with E-state index in [1.54, 1.807) is 6.92 Å². The SMILES string of the molecule is CC(c1ccc(O)cc1)(c1ccc(O)cc1)c1ccc(C(F)(F)C(F)(F)OC(F)(F)C(F)(F)S(=O)(=O)O)cc1. The zero-order valence-corrected chi connectivity index (χ0v) is 20.2. The van der Waals surface area contributed by atoms with Crippen LogP contribution in [0.4, 0.5) is 35.1 Å². The van der Waals surface area contributed by atoms with Crippen molar-refractivity contribution < 1.29 is 63.0 Å². The van der Waals surface area contributed by atoms with Crippen LogP contribution in [0.15, 0.2) is 72.8 Å². The van der Waals surface area contributed by atoms with Crippen molar-refractivity contribution in [3.63, 3.8) is 0 Å². The van der Waals surface area contributed by atoms with Crippen LogP contribution in [0.1, 0.15) is 29.2 Å². The van der Waals surface area contributed by atoms with Crippen LogP contribution in [0.2, 0.25) is 0 Å². The fourth-order valence-corrected chi connectivity index (χ4v) is 4.05. The van der Waals surface area contributed by atoms with Gasteiger partial charge in [0.1, 0.15) is 11.5 Å². The van der Waals surface area contributed by atoms with Gasteiger partial charge in [0.15, 0.2) is 0 Å². The number of phenols is 2. The van der Waals surface area contributed by atoms with Crippen LogP contribution >= 0.6 is 0 Å². The third-order valence-corrected chi connectivity index (χ3v) is 6.88. The highest BCUT2D eigenvalue weighted by Gasteiger charge is 2.74. The summed E-state index contributed by atoms with van der Waals surface area (Å²) in [4.78, 5) is 0. The maximum Gasteiger partial charge on any atom is 0.460 e. The van der Waals surface area contributed by atoms with E-state index in [9.17, 15) is 53.8 Å². The number of phenolic OH excluding ortho intramolecular Hbond substituents is 2. The first kappa shape index (κ1) is 30.1. The summed E-state index contributed by atoms with van der Waals surface area (Å²) in [6.45, 7) is 1.59. The molecular weight excluding hydrogens is 568 g/mol. The van der Waals surface area contributed by atoms with Crippen LogP contribution in [-0.4, -0.2) is 40.7 Å². The monoisotopic (exact) mass is 586 g/mol. The summed E-state index contributed by atoms with van der Waals surface area (Å²) < 4.78 is 143. The third-order valence-electron chi connectivity index (χ3n) is 6.00. The molecule has 0 spiro atoms. The molecule has 0 aliphatic rings. The van der Waals surface area contributed by atoms with E-state index in [-0.39, 0.29) is 17.1 Å². The zero-order chi connectivity index (χ0) is 29.7. The van der Waals surface area contributed by atoms with Crippen molar-refractivity contribution in [3.8, 4) is 11.5 Å². The van der Waals surface area contributed by atoms with E-state index in [1.807, 2.05) is 0 Å². The molecule has 6 nitrogen and oxygen atoms in total. The van der Waals surface area contributed by atoms with Gasteiger partial charge < -0.3 is 10.2 Å². The first-order chi connectivity index (χ1) is 17.7. The number of aromatic hydroxyl groups is 2. The largest absolute Gasteiger partial charge is 0.508 e. The summed E-state index contributed by atoms with van der Waals surface area (Å²) in [6.07, 6.45) is -13.1. The van der Waals surface area contributed by atoms with Gasteiger partial charge in [0.2, 0.25) is 0 Å². The second-order valence-corrected chi connectivity index (χ2v) is 9.96. The predicted molar refractivity (Wildman–Crippen MR) is 120 cm³/mol. The third kappa shape index (κ3) is 5.25. The lowest BCUT2D eigenvalue weighted by Gasteiger charge is -2.33. The first-order valence-electron chi connectivity index (χ1n) is 10.6. The summed E-state index contributed by atoms with van der Waals surface area (Å²) in [5.41, 5.74) is -1.79. The summed E-state index contributed by atoms with van der Waals surface area (Å²) in [5, 5.41) is 12.6. The number of ether oxygens (including phenoxy) is 1. The van der Waals surface area contributed by atoms with Gasteiger partial charge in [-0.15, -0.1) is 0 Å². The molecule has 3 N–H and O–H groups in total. The van der Waals surface area contributed by atoms with Gasteiger partial charge in [-0.05, 0) is 47.9 Å². The highest BCUT2D eigenvalue weighted by molar-refractivity contribution is 7.86. The summed E-state index contributed by atoms with van der Waals surface area (Å²) in [5.74, 6) is -5.92. The standard InChI is InChI=1S/C24H18F8O6S/c1-20(15-6-10-18(33)11-7-15,16-8-12-19(34)13-9-16)14-2-4-17(5-3-14)21(25,26)22(27,28)38-23(29,30)24(31,32)39(35,36)37/h2-13,33-34H,1H3,(H,35,36,37). The lowest BCUT2D eigenvalue weighted by Crippen LogP contribution is -2.55. The van der Waals surface area contributed by atoms with Crippen molar-refractivity contribution in [3.05, 3.63) is 95.1 Å². The van der Waals surface area contributed by atoms with Gasteiger partial charge in [0.05, 0.1) is 0 Å². The van der Waals surface area contributed by atoms with E-state index in [0.29, 0.717) is 23.3 Å². The van der Waals surface area contributed by atoms with E-state index in [4.69, 9.17) is 4.55 Å². The molecule has 0 aliphatic carbocycles. The Kier molecular flexibility index (Phi) is 7.44. The Labute approximate surface area is 215 Å². The van der Waals surface area contributed by atoms with E-state index in [0.717, 1.165) is 12.1 Å². The fourth-order valence-electron chi connectivity index (χ4n) is 3.71. The lowest BCUT2D eigenvalue weighted by atomic mass is 9.71. The molecule has 212 valence electrons. The lowest BCUT2D eigenvalue weighted by molar-refractivity contribution is -0.459. The second-order valence-electron chi connectivity index (χ2n) is 8.50. The second kappa shape index (κ2) is 9.64. The van der Waals surface area contributed by atoms with Gasteiger partial charge >= 0.3 is 33.5 Å². The molecule has 39 heavy (non-hydrogen) atoms. The van der Waals surface area contributed by atoms with Crippen molar-refractivity contribution in [1.29, 1.82) is 0 Å². The Morgan fingerprint density at radius 3 is 1.23 bits per heavy atom. The fraction of sp³-hybridized carbons (Fsp3) is 0.250. The molecule has 0 fully saturated rings. The van der Waals surface area contributed by atoms with Gasteiger partial charge in [-0.1, -0.05) is 48.5 Å². The van der Waals surface area contributed by atoms with Crippen LogP contribution in [0.3, 0.4) is 0 Å². The normalized spacial score (nSPS) is 13.9. The molecule has 0 unspecified atom stereocenters. The van der Waals surface area contributed by atoms with Crippen LogP contribution in [0, 0.1) is 0 Å². The molecule has 0 radical (unpaired) electrons. The van der Waals surface area contributed by atoms with Crippen LogP contribution in [0.5, 0.6) is 11.5 Å². The predicted octanol–water partition coefficient (Wildman–Crippen LogP) is 6.23. The number of alkyl halides is 8. The molecule has 0 bridgehead atoms. The van der Waals surface area contributed by atoms with Crippen LogP contribution < -0.4 is 0 Å². The Morgan fingerprint density at radius 1 is 0.590 bits per heavy atom. The molecule has 3 aromatic carbocycles. The molecule has 0 saturated carbocycles. The van der Waals surface area contributed by atoms with E-state index < -0.39 is 44.5 Å². The molecule has 0 saturated heterocycles. The average Bonchev–Trinajstić information content (AvgIpc) is 2.83. The van der Waals surface area contributed by atoms with Gasteiger partial charge in [0, 0.05) is 11.0 Å². The molecule has 0 atom stereocenters. The Bertz CT molecular complexity index is 1380. The van der Waals surface area contributed by atoms with E-state index in [1.165, 1.54) is 48.5 Å². The van der Waals surface area contributed by atoms with Crippen molar-refractivity contribution in [2.75, 3.05) is 0 Å². The molecule has 0 aliphatic heterocycles. The highest BCUT2D eigenvalue weighted by Crippen LogP contribution is 2.50. The Balaban J connectivity index is 2.05. The Hall–Kier alpha value is -3.43. The number of hydrogen-bond donors (Lipinski definition) is 3. The number of benzene rings is 3. The van der Waals surface area contributed by atoms with Crippen LogP contribution in [-0.2, 0) is 26.2 Å². The van der Waals surface area contributed by atoms with Gasteiger partial charge in [-0.25, -0.2) is 4.74 Å². The molecule has 0 aromatic heterocycles. The number of halogens is 8. The van der Waals surface area contributed by atoms with Crippen molar-refractivity contribution in [1.82, 2.24) is 0 Å². The molecule has 0 amide bonds. The minimum atomic E-state index is -7.04. The summed E-state index contributed by atoms with van der Waals surface area (Å²) in [6, 6.07) is 13.8. The quantitative estimate of drug-likeness (QED) is 0.156. The molecule has 0 heterocycles. The average molecular weight is 586 g/mol. The maximum atomic E-state index is 14.6. The maximum absolute atomic E-state index is 14.6. The first-order valence-corrected chi connectivity index (χ1v) is 12.0. The molecule has 15 heteroatoms. The van der Waals surface area contributed by atoms with Crippen molar-refractivity contribution >= 4 is 10.1 Å². The van der Waals surface area contributed by atoms with Gasteiger partial charge in [-0.3, -0.25) is 4.55 Å². The summed E-state index contributed by atoms with van der Waals surface area (Å²) >= 11 is 0. The minimum absolute atomic E-state index is 0.111. The van der Waals surface area contributed by atoms with E-state index in [2.05, 4.69) is 4.74 Å². The molecular formula is C24H18F8O6S. The minimum Gasteiger partial charge on any atom is -0.508 e. The van der Waals surface area contributed by atoms with Crippen molar-refractivity contribution in [2.24, 2.45) is 0 Å². The zero-order valence-electron chi connectivity index (χ0n) is 19.4. The number of rotatable bonds is 9. The molecule has 3 aromatic rings. The van der Waals surface area contributed by atoms with Gasteiger partial charge in [0.25, 0.3) is 0 Å². The number of hydrogen-bond acceptors (Lipinski definition) is 5. The summed E-state index contributed by atoms with van der Waals surface area (Å²) in [7, 11) is -7.04. The Morgan fingerprint density at radius 2 is 0.897 bits per heavy atom.